The molecule has 1 aliphatic heterocycles. The van der Waals surface area contributed by atoms with E-state index in [9.17, 15) is 0 Å². The summed E-state index contributed by atoms with van der Waals surface area (Å²) in [6.07, 6.45) is 1.86. The molecule has 1 aliphatic rings. The maximum absolute atomic E-state index is 15.2. The summed E-state index contributed by atoms with van der Waals surface area (Å²) in [5, 5.41) is 2.29. The molecule has 6 heteroatoms. The van der Waals surface area contributed by atoms with Gasteiger partial charge in [-0.15, -0.1) is 0 Å². The van der Waals surface area contributed by atoms with Crippen LogP contribution in [-0.4, -0.2) is 16.2 Å². The van der Waals surface area contributed by atoms with Crippen LogP contribution in [0.3, 0.4) is 0 Å². The molecule has 8 aromatic rings. The van der Waals surface area contributed by atoms with E-state index in [0.717, 1.165) is 67.1 Å². The van der Waals surface area contributed by atoms with Crippen molar-refractivity contribution in [1.29, 1.82) is 0 Å². The summed E-state index contributed by atoms with van der Waals surface area (Å²) in [6.45, 7) is 6.78. The summed E-state index contributed by atoms with van der Waals surface area (Å²) in [6, 6.07) is 46.9. The molecule has 51 heavy (non-hydrogen) atoms. The zero-order valence-electron chi connectivity index (χ0n) is 28.6. The van der Waals surface area contributed by atoms with Gasteiger partial charge in [0.2, 0.25) is 0 Å². The Morgan fingerprint density at radius 2 is 1.24 bits per heavy atom. The monoisotopic (exact) mass is 666 g/mol. The SMILES string of the molecule is Cc1cc(C)cc(-c2cc(Oc3ccc4c5ccccc5n(-c5cc(C)ccn5)c4c3)cc(N3CN(c4ccccc4F)c4ccccc43)c2)c1. The van der Waals surface area contributed by atoms with Crippen molar-refractivity contribution < 1.29 is 9.13 Å². The summed E-state index contributed by atoms with van der Waals surface area (Å²) >= 11 is 0. The Balaban J connectivity index is 1.18. The zero-order valence-corrected chi connectivity index (χ0v) is 28.6. The predicted octanol–water partition coefficient (Wildman–Crippen LogP) is 11.9. The molecule has 248 valence electrons. The number of para-hydroxylation sites is 4. The van der Waals surface area contributed by atoms with Gasteiger partial charge in [0.15, 0.2) is 0 Å². The summed E-state index contributed by atoms with van der Waals surface area (Å²) in [4.78, 5) is 9.01. The molecular weight excluding hydrogens is 632 g/mol. The maximum Gasteiger partial charge on any atom is 0.146 e. The van der Waals surface area contributed by atoms with E-state index in [1.165, 1.54) is 17.2 Å². The molecule has 0 bridgehead atoms. The van der Waals surface area contributed by atoms with E-state index in [1.54, 1.807) is 6.07 Å². The number of ether oxygens (including phenoxy) is 1. The molecule has 0 radical (unpaired) electrons. The van der Waals surface area contributed by atoms with Crippen molar-refractivity contribution in [2.24, 2.45) is 0 Å². The lowest BCUT2D eigenvalue weighted by Crippen LogP contribution is -2.24. The number of pyridine rings is 1. The van der Waals surface area contributed by atoms with Crippen LogP contribution in [-0.2, 0) is 0 Å². The Kier molecular flexibility index (Phi) is 7.32. The highest BCUT2D eigenvalue weighted by atomic mass is 19.1. The van der Waals surface area contributed by atoms with E-state index in [2.05, 4.69) is 115 Å². The van der Waals surface area contributed by atoms with Crippen molar-refractivity contribution in [3.8, 4) is 28.4 Å². The van der Waals surface area contributed by atoms with E-state index >= 15 is 4.39 Å². The van der Waals surface area contributed by atoms with Gasteiger partial charge in [-0.1, -0.05) is 71.8 Å². The van der Waals surface area contributed by atoms with Gasteiger partial charge >= 0.3 is 0 Å². The van der Waals surface area contributed by atoms with Crippen LogP contribution in [0.1, 0.15) is 16.7 Å². The third-order valence-corrected chi connectivity index (χ3v) is 9.66. The highest BCUT2D eigenvalue weighted by Gasteiger charge is 2.30. The van der Waals surface area contributed by atoms with Crippen molar-refractivity contribution in [3.05, 3.63) is 168 Å². The van der Waals surface area contributed by atoms with Crippen molar-refractivity contribution >= 4 is 44.6 Å². The van der Waals surface area contributed by atoms with Crippen molar-refractivity contribution in [2.45, 2.75) is 20.8 Å². The highest BCUT2D eigenvalue weighted by Crippen LogP contribution is 2.46. The molecule has 0 saturated carbocycles. The predicted molar refractivity (Wildman–Crippen MR) is 207 cm³/mol. The second-order valence-electron chi connectivity index (χ2n) is 13.4. The smallest absolute Gasteiger partial charge is 0.146 e. The second kappa shape index (κ2) is 12.2. The average Bonchev–Trinajstić information content (AvgIpc) is 3.67. The number of hydrogen-bond acceptors (Lipinski definition) is 4. The second-order valence-corrected chi connectivity index (χ2v) is 13.4. The van der Waals surface area contributed by atoms with Crippen LogP contribution < -0.4 is 14.5 Å². The van der Waals surface area contributed by atoms with Crippen LogP contribution in [0.25, 0.3) is 38.8 Å². The molecule has 0 amide bonds. The van der Waals surface area contributed by atoms with E-state index in [4.69, 9.17) is 9.72 Å². The first-order chi connectivity index (χ1) is 24.9. The lowest BCUT2D eigenvalue weighted by atomic mass is 9.99. The van der Waals surface area contributed by atoms with Gasteiger partial charge in [0, 0.05) is 34.8 Å². The number of halogens is 1. The quantitative estimate of drug-likeness (QED) is 0.177. The van der Waals surface area contributed by atoms with Crippen LogP contribution in [0.4, 0.5) is 27.1 Å². The molecule has 0 unspecified atom stereocenters. The number of nitrogens with zero attached hydrogens (tertiary/aromatic N) is 4. The van der Waals surface area contributed by atoms with Gasteiger partial charge in [-0.2, -0.15) is 0 Å². The van der Waals surface area contributed by atoms with Crippen molar-refractivity contribution in [2.75, 3.05) is 16.5 Å². The standard InChI is InChI=1S/C45H35FN4O/c1-29-18-19-47-45(23-29)50-40-12-6-4-10-37(40)38-17-16-35(27-44(38)50)51-36-25-33(32-21-30(2)20-31(3)22-32)24-34(26-36)48-28-49(41-13-7-5-11-39(41)46)43-15-9-8-14-42(43)48/h4-27H,28H2,1-3H3. The number of benzene rings is 6. The number of aromatic nitrogens is 2. The normalized spacial score (nSPS) is 12.5. The van der Waals surface area contributed by atoms with Crippen LogP contribution >= 0.6 is 0 Å². The Labute approximate surface area is 296 Å². The van der Waals surface area contributed by atoms with Gasteiger partial charge in [0.25, 0.3) is 0 Å². The van der Waals surface area contributed by atoms with E-state index in [1.807, 2.05) is 53.6 Å². The highest BCUT2D eigenvalue weighted by molar-refractivity contribution is 6.09. The van der Waals surface area contributed by atoms with E-state index < -0.39 is 0 Å². The topological polar surface area (TPSA) is 33.5 Å². The molecule has 5 nitrogen and oxygen atoms in total. The maximum atomic E-state index is 15.2. The first-order valence-corrected chi connectivity index (χ1v) is 17.2. The fourth-order valence-electron chi connectivity index (χ4n) is 7.46. The molecule has 2 aromatic heterocycles. The average molecular weight is 667 g/mol. The van der Waals surface area contributed by atoms with Crippen LogP contribution in [0, 0.1) is 26.6 Å². The Morgan fingerprint density at radius 3 is 2.02 bits per heavy atom. The molecule has 0 spiro atoms. The number of fused-ring (bicyclic) bond motifs is 4. The molecule has 0 saturated heterocycles. The van der Waals surface area contributed by atoms with Crippen LogP contribution in [0.5, 0.6) is 11.5 Å². The number of rotatable bonds is 6. The lowest BCUT2D eigenvalue weighted by Gasteiger charge is -2.23. The minimum atomic E-state index is -0.254. The minimum Gasteiger partial charge on any atom is -0.457 e. The van der Waals surface area contributed by atoms with Gasteiger partial charge in [-0.25, -0.2) is 9.37 Å². The first kappa shape index (κ1) is 30.6. The third kappa shape index (κ3) is 5.46. The van der Waals surface area contributed by atoms with Gasteiger partial charge in [-0.3, -0.25) is 4.57 Å². The summed E-state index contributed by atoms with van der Waals surface area (Å²) in [5.41, 5.74) is 11.2. The first-order valence-electron chi connectivity index (χ1n) is 17.2. The van der Waals surface area contributed by atoms with E-state index in [0.29, 0.717) is 18.1 Å². The van der Waals surface area contributed by atoms with Gasteiger partial charge in [0.05, 0.1) is 28.1 Å². The molecule has 9 rings (SSSR count). The number of hydrogen-bond donors (Lipinski definition) is 0. The molecule has 0 atom stereocenters. The molecule has 0 fully saturated rings. The third-order valence-electron chi connectivity index (χ3n) is 9.66. The van der Waals surface area contributed by atoms with Crippen LogP contribution in [0.15, 0.2) is 146 Å². The molecule has 0 aliphatic carbocycles. The van der Waals surface area contributed by atoms with E-state index in [-0.39, 0.29) is 5.82 Å². The minimum absolute atomic E-state index is 0.254. The van der Waals surface area contributed by atoms with Crippen molar-refractivity contribution in [3.63, 3.8) is 0 Å². The summed E-state index contributed by atoms with van der Waals surface area (Å²) in [7, 11) is 0. The molecular formula is C45H35FN4O. The number of anilines is 4. The van der Waals surface area contributed by atoms with Gasteiger partial charge < -0.3 is 14.5 Å². The fraction of sp³-hybridized carbons (Fsp3) is 0.0889. The Hall–Kier alpha value is -6.40. The fourth-order valence-corrected chi connectivity index (χ4v) is 7.46. The van der Waals surface area contributed by atoms with Gasteiger partial charge in [-0.05, 0) is 104 Å². The Morgan fingerprint density at radius 1 is 0.549 bits per heavy atom. The molecule has 6 aromatic carbocycles. The Bertz CT molecular complexity index is 2610. The summed E-state index contributed by atoms with van der Waals surface area (Å²) in [5.74, 6) is 2.04. The lowest BCUT2D eigenvalue weighted by molar-refractivity contribution is 0.483. The molecule has 0 N–H and O–H groups in total. The molecule has 3 heterocycles. The van der Waals surface area contributed by atoms with Crippen LogP contribution in [0.2, 0.25) is 0 Å². The van der Waals surface area contributed by atoms with Gasteiger partial charge in [0.1, 0.15) is 29.8 Å². The zero-order chi connectivity index (χ0) is 34.6. The van der Waals surface area contributed by atoms with Crippen molar-refractivity contribution in [1.82, 2.24) is 9.55 Å². The summed E-state index contributed by atoms with van der Waals surface area (Å²) < 4.78 is 24.2. The largest absolute Gasteiger partial charge is 0.457 e. The number of aryl methyl sites for hydroxylation is 3.